The van der Waals surface area contributed by atoms with Crippen molar-refractivity contribution in [3.63, 3.8) is 0 Å². The van der Waals surface area contributed by atoms with Crippen LogP contribution in [0.4, 0.5) is 6.01 Å². The number of carbonyl (C=O) groups excluding carboxylic acids is 1. The molecule has 3 rings (SSSR count). The number of nitrogens with one attached hydrogen (secondary N) is 1. The van der Waals surface area contributed by atoms with Gasteiger partial charge >= 0.3 is 6.01 Å². The van der Waals surface area contributed by atoms with Crippen LogP contribution in [0.1, 0.15) is 0 Å². The van der Waals surface area contributed by atoms with Crippen LogP contribution in [-0.2, 0) is 14.6 Å². The molecule has 3 aromatic rings. The summed E-state index contributed by atoms with van der Waals surface area (Å²) in [5.74, 6) is -0.653. The van der Waals surface area contributed by atoms with Crippen molar-refractivity contribution in [1.29, 1.82) is 0 Å². The average Bonchev–Trinajstić information content (AvgIpc) is 3.25. The van der Waals surface area contributed by atoms with Crippen molar-refractivity contribution in [2.24, 2.45) is 0 Å². The number of amides is 1. The topological polar surface area (TPSA) is 125 Å². The molecule has 0 spiro atoms. The van der Waals surface area contributed by atoms with Gasteiger partial charge in [-0.25, -0.2) is 8.42 Å². The molecule has 0 atom stereocenters. The second-order valence-electron chi connectivity index (χ2n) is 4.87. The molecule has 1 N–H and O–H groups in total. The fourth-order valence-corrected chi connectivity index (χ4v) is 3.10. The number of hydrogen-bond acceptors (Lipinski definition) is 8. The van der Waals surface area contributed by atoms with Crippen LogP contribution in [0.3, 0.4) is 0 Å². The van der Waals surface area contributed by atoms with Crippen LogP contribution in [0.5, 0.6) is 5.75 Å². The molecule has 2 aromatic heterocycles. The number of ether oxygens (including phenoxy) is 1. The van der Waals surface area contributed by atoms with E-state index in [1.807, 2.05) is 0 Å². The van der Waals surface area contributed by atoms with Crippen LogP contribution < -0.4 is 10.1 Å². The third-order valence-corrected chi connectivity index (χ3v) is 4.78. The van der Waals surface area contributed by atoms with E-state index in [0.717, 1.165) is 0 Å². The Morgan fingerprint density at radius 3 is 2.60 bits per heavy atom. The zero-order valence-electron chi connectivity index (χ0n) is 13.0. The molecule has 130 valence electrons. The predicted molar refractivity (Wildman–Crippen MR) is 85.7 cm³/mol. The second-order valence-corrected chi connectivity index (χ2v) is 6.86. The Morgan fingerprint density at radius 1 is 1.20 bits per heavy atom. The molecule has 0 aliphatic carbocycles. The molecule has 0 fully saturated rings. The van der Waals surface area contributed by atoms with Gasteiger partial charge in [-0.15, -0.1) is 5.10 Å². The van der Waals surface area contributed by atoms with Crippen LogP contribution in [-0.4, -0.2) is 37.4 Å². The van der Waals surface area contributed by atoms with Gasteiger partial charge in [0.1, 0.15) is 11.5 Å². The number of benzene rings is 1. The fraction of sp³-hybridized carbons (Fsp3) is 0.133. The van der Waals surface area contributed by atoms with E-state index in [-0.39, 0.29) is 16.8 Å². The summed E-state index contributed by atoms with van der Waals surface area (Å²) in [6.07, 6.45) is 1.43. The van der Waals surface area contributed by atoms with Crippen LogP contribution in [0.25, 0.3) is 11.7 Å². The quantitative estimate of drug-likeness (QED) is 0.702. The van der Waals surface area contributed by atoms with Gasteiger partial charge in [-0.3, -0.25) is 10.1 Å². The standard InChI is InChI=1S/C15H13N3O6S/c1-22-10-4-6-11(7-5-10)25(20,21)9-13(19)16-15-18-17-14(24-15)12-3-2-8-23-12/h2-8H,9H2,1H3,(H,16,18,19). The minimum atomic E-state index is -3.82. The number of anilines is 1. The molecule has 0 bridgehead atoms. The molecule has 1 amide bonds. The Morgan fingerprint density at radius 2 is 1.96 bits per heavy atom. The van der Waals surface area contributed by atoms with Crippen LogP contribution >= 0.6 is 0 Å². The molecule has 25 heavy (non-hydrogen) atoms. The highest BCUT2D eigenvalue weighted by molar-refractivity contribution is 7.92. The third kappa shape index (κ3) is 3.86. The van der Waals surface area contributed by atoms with Gasteiger partial charge in [0.2, 0.25) is 5.91 Å². The lowest BCUT2D eigenvalue weighted by Gasteiger charge is -2.05. The van der Waals surface area contributed by atoms with E-state index >= 15 is 0 Å². The predicted octanol–water partition coefficient (Wildman–Crippen LogP) is 1.75. The Balaban J connectivity index is 1.67. The van der Waals surface area contributed by atoms with Gasteiger partial charge in [-0.05, 0) is 36.4 Å². The number of hydrogen-bond donors (Lipinski definition) is 1. The van der Waals surface area contributed by atoms with E-state index in [1.165, 1.54) is 37.6 Å². The number of sulfone groups is 1. The van der Waals surface area contributed by atoms with Crippen molar-refractivity contribution in [3.05, 3.63) is 42.7 Å². The lowest BCUT2D eigenvalue weighted by atomic mass is 10.3. The first-order valence-corrected chi connectivity index (χ1v) is 8.67. The molecular formula is C15H13N3O6S. The number of rotatable bonds is 6. The smallest absolute Gasteiger partial charge is 0.322 e. The van der Waals surface area contributed by atoms with Gasteiger partial charge in [-0.1, -0.05) is 5.10 Å². The van der Waals surface area contributed by atoms with Crippen LogP contribution in [0.15, 0.2) is 56.4 Å². The zero-order valence-corrected chi connectivity index (χ0v) is 13.8. The molecule has 0 saturated carbocycles. The maximum Gasteiger partial charge on any atom is 0.322 e. The van der Waals surface area contributed by atoms with Gasteiger partial charge in [-0.2, -0.15) is 0 Å². The molecule has 0 aliphatic rings. The van der Waals surface area contributed by atoms with Crippen molar-refractivity contribution in [3.8, 4) is 17.4 Å². The Hall–Kier alpha value is -3.14. The minimum absolute atomic E-state index is 0.00486. The highest BCUT2D eigenvalue weighted by Crippen LogP contribution is 2.20. The number of methoxy groups -OCH3 is 1. The van der Waals surface area contributed by atoms with E-state index in [1.54, 1.807) is 12.1 Å². The van der Waals surface area contributed by atoms with Gasteiger partial charge in [0, 0.05) is 0 Å². The molecule has 1 aromatic carbocycles. The van der Waals surface area contributed by atoms with Crippen molar-refractivity contribution < 1.29 is 26.8 Å². The first kappa shape index (κ1) is 16.7. The summed E-state index contributed by atoms with van der Waals surface area (Å²) in [5, 5.41) is 9.56. The number of furan rings is 1. The van der Waals surface area contributed by atoms with Crippen molar-refractivity contribution in [1.82, 2.24) is 10.2 Å². The normalized spacial score (nSPS) is 11.2. The summed E-state index contributed by atoms with van der Waals surface area (Å²) >= 11 is 0. The lowest BCUT2D eigenvalue weighted by Crippen LogP contribution is -2.23. The molecule has 10 heteroatoms. The van der Waals surface area contributed by atoms with E-state index in [9.17, 15) is 13.2 Å². The van der Waals surface area contributed by atoms with E-state index in [0.29, 0.717) is 11.5 Å². The first-order valence-electron chi connectivity index (χ1n) is 7.02. The van der Waals surface area contributed by atoms with E-state index in [2.05, 4.69) is 15.5 Å². The molecule has 0 radical (unpaired) electrons. The molecule has 0 unspecified atom stereocenters. The summed E-state index contributed by atoms with van der Waals surface area (Å²) in [5.41, 5.74) is 0. The summed E-state index contributed by atoms with van der Waals surface area (Å²) < 4.78 is 39.7. The Bertz CT molecular complexity index is 961. The van der Waals surface area contributed by atoms with Crippen molar-refractivity contribution in [2.75, 3.05) is 18.2 Å². The number of aromatic nitrogens is 2. The number of carbonyl (C=O) groups is 1. The van der Waals surface area contributed by atoms with Crippen molar-refractivity contribution >= 4 is 21.8 Å². The van der Waals surface area contributed by atoms with E-state index in [4.69, 9.17) is 13.6 Å². The molecule has 9 nitrogen and oxygen atoms in total. The number of nitrogens with zero attached hydrogens (tertiary/aromatic N) is 2. The van der Waals surface area contributed by atoms with Gasteiger partial charge in [0.25, 0.3) is 5.89 Å². The van der Waals surface area contributed by atoms with Crippen molar-refractivity contribution in [2.45, 2.75) is 4.90 Å². The Kier molecular flexibility index (Phi) is 4.52. The molecule has 0 aliphatic heterocycles. The summed E-state index contributed by atoms with van der Waals surface area (Å²) in [4.78, 5) is 12.0. The van der Waals surface area contributed by atoms with Crippen LogP contribution in [0.2, 0.25) is 0 Å². The molecule has 0 saturated heterocycles. The Labute approximate surface area is 142 Å². The highest BCUT2D eigenvalue weighted by Gasteiger charge is 2.21. The van der Waals surface area contributed by atoms with E-state index < -0.39 is 21.5 Å². The summed E-state index contributed by atoms with van der Waals surface area (Å²) in [6, 6.07) is 8.75. The largest absolute Gasteiger partial charge is 0.497 e. The maximum atomic E-state index is 12.2. The first-order chi connectivity index (χ1) is 12.0. The fourth-order valence-electron chi connectivity index (χ4n) is 1.97. The lowest BCUT2D eigenvalue weighted by molar-refractivity contribution is -0.114. The summed E-state index contributed by atoms with van der Waals surface area (Å²) in [7, 11) is -2.35. The maximum absolute atomic E-state index is 12.2. The average molecular weight is 363 g/mol. The van der Waals surface area contributed by atoms with Gasteiger partial charge in [0.15, 0.2) is 15.6 Å². The molecular weight excluding hydrogens is 350 g/mol. The zero-order chi connectivity index (χ0) is 17.9. The second kappa shape index (κ2) is 6.77. The van der Waals surface area contributed by atoms with Gasteiger partial charge < -0.3 is 13.6 Å². The highest BCUT2D eigenvalue weighted by atomic mass is 32.2. The van der Waals surface area contributed by atoms with Crippen LogP contribution in [0, 0.1) is 0 Å². The third-order valence-electron chi connectivity index (χ3n) is 3.14. The SMILES string of the molecule is COc1ccc(S(=O)(=O)CC(=O)Nc2nnc(-c3ccco3)o2)cc1. The molecule has 2 heterocycles. The minimum Gasteiger partial charge on any atom is -0.497 e. The monoisotopic (exact) mass is 363 g/mol. The summed E-state index contributed by atoms with van der Waals surface area (Å²) in [6.45, 7) is 0. The van der Waals surface area contributed by atoms with Gasteiger partial charge in [0.05, 0.1) is 18.3 Å².